The fourth-order valence-electron chi connectivity index (χ4n) is 10.5. The average molecular weight is 1020 g/mol. The quantitative estimate of drug-likeness (QED) is 0.147. The molecule has 15 heteroatoms. The number of nitrogens with one attached hydrogen (secondary N) is 1. The summed E-state index contributed by atoms with van der Waals surface area (Å²) in [6, 6.07) is 28.5. The van der Waals surface area contributed by atoms with Crippen molar-refractivity contribution in [3.63, 3.8) is 0 Å². The van der Waals surface area contributed by atoms with Crippen molar-refractivity contribution in [2.24, 2.45) is 17.6 Å². The predicted molar refractivity (Wildman–Crippen MR) is 296 cm³/mol. The van der Waals surface area contributed by atoms with Gasteiger partial charge in [0.15, 0.2) is 0 Å². The molecule has 0 aliphatic carbocycles. The fraction of sp³-hybridized carbons (Fsp3) is 0.267. The number of hydrogen-bond donors (Lipinski definition) is 2. The molecule has 12 rings (SSSR count). The molecule has 380 valence electrons. The number of benzene rings is 4. The molecule has 2 fully saturated rings. The Bertz CT molecular complexity index is 3610. The van der Waals surface area contributed by atoms with E-state index in [-0.39, 0.29) is 23.9 Å². The number of likely N-dealkylation sites (tertiary alicyclic amines) is 2. The van der Waals surface area contributed by atoms with E-state index in [1.807, 2.05) is 77.6 Å². The molecular weight excluding hydrogens is 960 g/mol. The molecule has 6 aromatic heterocycles. The molecular formula is C60H59ClN10O4. The first-order valence-corrected chi connectivity index (χ1v) is 25.8. The first-order chi connectivity index (χ1) is 36.5. The van der Waals surface area contributed by atoms with E-state index < -0.39 is 0 Å². The Balaban J connectivity index is 0.000000142. The van der Waals surface area contributed by atoms with Gasteiger partial charge in [0.25, 0.3) is 0 Å². The summed E-state index contributed by atoms with van der Waals surface area (Å²) < 4.78 is 11.2. The number of hydrogen-bond acceptors (Lipinski definition) is 12. The van der Waals surface area contributed by atoms with E-state index in [2.05, 4.69) is 78.5 Å². The number of carbonyl (C=O) groups is 2. The van der Waals surface area contributed by atoms with Crippen molar-refractivity contribution in [2.45, 2.75) is 65.5 Å². The average Bonchev–Trinajstić information content (AvgIpc) is 4.02. The molecule has 2 unspecified atom stereocenters. The van der Waals surface area contributed by atoms with Crippen molar-refractivity contribution in [1.29, 1.82) is 0 Å². The van der Waals surface area contributed by atoms with Gasteiger partial charge in [-0.2, -0.15) is 0 Å². The summed E-state index contributed by atoms with van der Waals surface area (Å²) in [5.41, 5.74) is 20.9. The second kappa shape index (κ2) is 22.6. The molecule has 4 aromatic carbocycles. The minimum Gasteiger partial charge on any atom is -0.464 e. The third-order valence-corrected chi connectivity index (χ3v) is 14.9. The predicted octanol–water partition coefficient (Wildman–Crippen LogP) is 12.5. The molecule has 75 heavy (non-hydrogen) atoms. The van der Waals surface area contributed by atoms with Crippen LogP contribution >= 0.6 is 11.6 Å². The molecule has 2 saturated heterocycles. The molecule has 0 spiro atoms. The molecule has 2 atom stereocenters. The molecule has 10 aromatic rings. The Labute approximate surface area is 440 Å². The molecule has 2 aliphatic rings. The van der Waals surface area contributed by atoms with Gasteiger partial charge >= 0.3 is 0 Å². The third-order valence-electron chi connectivity index (χ3n) is 14.7. The van der Waals surface area contributed by atoms with E-state index in [0.717, 1.165) is 146 Å². The van der Waals surface area contributed by atoms with Gasteiger partial charge in [0.05, 0.1) is 40.6 Å². The lowest BCUT2D eigenvalue weighted by Gasteiger charge is -2.36. The minimum absolute atomic E-state index is 0.0396. The van der Waals surface area contributed by atoms with Crippen LogP contribution in [0.15, 0.2) is 156 Å². The Morgan fingerprint density at radius 3 is 1.63 bits per heavy atom. The normalized spacial score (nSPS) is 15.0. The fourth-order valence-corrected chi connectivity index (χ4v) is 10.7. The lowest BCUT2D eigenvalue weighted by atomic mass is 9.85. The molecule has 8 heterocycles. The van der Waals surface area contributed by atoms with E-state index in [4.69, 9.17) is 26.2 Å². The zero-order valence-electron chi connectivity index (χ0n) is 42.5. The highest BCUT2D eigenvalue weighted by molar-refractivity contribution is 6.31. The SMILES string of the molecule is CC(=O)N1CCC(C(N)c2cccnc2)CC1.CC(=O)N1CCC(C(Nc2cc(-c3ccc4occ(C)c4c3)c3nccnc3c2)c2cccnc2)CC1.Cc1coc2ccc(-c3cc(Cl)cc4nccnc34)cc12. The number of nitrogens with zero attached hydrogens (tertiary/aromatic N) is 8. The van der Waals surface area contributed by atoms with Crippen LogP contribution in [0.3, 0.4) is 0 Å². The number of fused-ring (bicyclic) bond motifs is 4. The summed E-state index contributed by atoms with van der Waals surface area (Å²) in [5.74, 6) is 1.13. The number of aromatic nitrogens is 6. The van der Waals surface area contributed by atoms with Crippen molar-refractivity contribution < 1.29 is 18.4 Å². The van der Waals surface area contributed by atoms with E-state index in [1.54, 1.807) is 63.6 Å². The number of furan rings is 2. The lowest BCUT2D eigenvalue weighted by molar-refractivity contribution is -0.131. The van der Waals surface area contributed by atoms with Gasteiger partial charge < -0.3 is 29.7 Å². The Morgan fingerprint density at radius 2 is 1.11 bits per heavy atom. The number of pyridine rings is 2. The van der Waals surface area contributed by atoms with Crippen LogP contribution in [0.4, 0.5) is 5.69 Å². The summed E-state index contributed by atoms with van der Waals surface area (Å²) in [5, 5.41) is 6.68. The van der Waals surface area contributed by atoms with E-state index >= 15 is 0 Å². The summed E-state index contributed by atoms with van der Waals surface area (Å²) in [4.78, 5) is 53.6. The van der Waals surface area contributed by atoms with Crippen molar-refractivity contribution >= 4 is 73.1 Å². The van der Waals surface area contributed by atoms with Crippen LogP contribution in [0.25, 0.3) is 66.3 Å². The first-order valence-electron chi connectivity index (χ1n) is 25.4. The highest BCUT2D eigenvalue weighted by Crippen LogP contribution is 2.39. The van der Waals surface area contributed by atoms with E-state index in [1.165, 1.54) is 0 Å². The van der Waals surface area contributed by atoms with Gasteiger partial charge in [-0.3, -0.25) is 39.5 Å². The van der Waals surface area contributed by atoms with Crippen LogP contribution in [0.1, 0.15) is 73.9 Å². The standard InChI is InChI=1S/C30H29N5O2.C17H11ClN2O.C13H19N3O/c1-19-18-37-28-6-5-22(14-25(19)28)26-15-24(16-27-30(26)33-11-10-32-27)34-29(23-4-3-9-31-17-23)21-7-12-35(13-8-21)20(2)36;1-10-9-21-16-3-2-11(6-13(10)16)14-7-12(18)8-15-17(14)20-5-4-19-15;1-10(17)16-7-4-11(5-8-16)13(14)12-3-2-6-15-9-12/h3-6,9-11,14-18,21,29,34H,7-8,12-13H2,1-2H3;2-9H,1H3;2-3,6,9,11,13H,4-5,7-8,14H2,1H3. The van der Waals surface area contributed by atoms with Crippen molar-refractivity contribution in [2.75, 3.05) is 31.5 Å². The number of amides is 2. The van der Waals surface area contributed by atoms with Gasteiger partial charge in [0.1, 0.15) is 11.2 Å². The number of anilines is 1. The summed E-state index contributed by atoms with van der Waals surface area (Å²) >= 11 is 6.22. The number of nitrogens with two attached hydrogens (primary N) is 1. The number of halogens is 1. The molecule has 0 bridgehead atoms. The van der Waals surface area contributed by atoms with E-state index in [9.17, 15) is 9.59 Å². The summed E-state index contributed by atoms with van der Waals surface area (Å²) in [6.45, 7) is 10.6. The largest absolute Gasteiger partial charge is 0.464 e. The Hall–Kier alpha value is -8.07. The number of carbonyl (C=O) groups excluding carboxylic acids is 2. The van der Waals surface area contributed by atoms with Crippen molar-refractivity contribution in [3.05, 3.63) is 174 Å². The molecule has 14 nitrogen and oxygen atoms in total. The zero-order chi connectivity index (χ0) is 52.0. The maximum atomic E-state index is 11.9. The van der Waals surface area contributed by atoms with Gasteiger partial charge in [-0.05, 0) is 145 Å². The zero-order valence-corrected chi connectivity index (χ0v) is 43.2. The van der Waals surface area contributed by atoms with Gasteiger partial charge in [-0.15, -0.1) is 0 Å². The number of aryl methyl sites for hydroxylation is 2. The maximum absolute atomic E-state index is 11.9. The third kappa shape index (κ3) is 11.4. The van der Waals surface area contributed by atoms with Crippen molar-refractivity contribution in [1.82, 2.24) is 39.7 Å². The molecule has 2 aliphatic heterocycles. The van der Waals surface area contributed by atoms with Gasteiger partial charge in [0.2, 0.25) is 11.8 Å². The van der Waals surface area contributed by atoms with E-state index in [0.29, 0.717) is 16.9 Å². The van der Waals surface area contributed by atoms with Gasteiger partial charge in [-0.1, -0.05) is 35.9 Å². The number of piperidine rings is 2. The Morgan fingerprint density at radius 1 is 0.613 bits per heavy atom. The highest BCUT2D eigenvalue weighted by Gasteiger charge is 2.30. The first kappa shape index (κ1) is 50.5. The van der Waals surface area contributed by atoms with Crippen molar-refractivity contribution in [3.8, 4) is 22.3 Å². The molecule has 2 amide bonds. The Kier molecular flexibility index (Phi) is 15.2. The highest BCUT2D eigenvalue weighted by atomic mass is 35.5. The van der Waals surface area contributed by atoms with Gasteiger partial charge in [-0.25, -0.2) is 0 Å². The smallest absolute Gasteiger partial charge is 0.219 e. The maximum Gasteiger partial charge on any atom is 0.219 e. The lowest BCUT2D eigenvalue weighted by Crippen LogP contribution is -2.39. The second-order valence-electron chi connectivity index (χ2n) is 19.5. The molecule has 0 radical (unpaired) electrons. The van der Waals surface area contributed by atoms with Crippen LogP contribution in [-0.4, -0.2) is 77.7 Å². The summed E-state index contributed by atoms with van der Waals surface area (Å²) in [6.07, 6.45) is 21.6. The number of rotatable bonds is 8. The minimum atomic E-state index is 0.0396. The molecule has 3 N–H and O–H groups in total. The second-order valence-corrected chi connectivity index (χ2v) is 19.9. The van der Waals surface area contributed by atoms with Crippen LogP contribution in [-0.2, 0) is 9.59 Å². The van der Waals surface area contributed by atoms with Crippen LogP contribution in [0.2, 0.25) is 5.02 Å². The molecule has 0 saturated carbocycles. The monoisotopic (exact) mass is 1020 g/mol. The van der Waals surface area contributed by atoms with Crippen LogP contribution in [0, 0.1) is 25.7 Å². The summed E-state index contributed by atoms with van der Waals surface area (Å²) in [7, 11) is 0. The van der Waals surface area contributed by atoms with Crippen LogP contribution in [0.5, 0.6) is 0 Å². The van der Waals surface area contributed by atoms with Crippen LogP contribution < -0.4 is 11.1 Å². The van der Waals surface area contributed by atoms with Gasteiger partial charge in [0, 0.05) is 128 Å². The topological polar surface area (TPSA) is 182 Å².